The number of aromatic nitrogens is 1. The topological polar surface area (TPSA) is 48.1 Å². The minimum Gasteiger partial charge on any atom is -0.358 e. The quantitative estimate of drug-likeness (QED) is 0.472. The van der Waals surface area contributed by atoms with E-state index >= 15 is 0 Å². The number of fused-ring (bicyclic) bond motifs is 1. The summed E-state index contributed by atoms with van der Waals surface area (Å²) in [5.74, 6) is 0.675. The van der Waals surface area contributed by atoms with Crippen LogP contribution in [0.5, 0.6) is 0 Å². The number of benzene rings is 2. The second-order valence-corrected chi connectivity index (χ2v) is 9.86. The summed E-state index contributed by atoms with van der Waals surface area (Å²) < 4.78 is 0. The predicted molar refractivity (Wildman–Crippen MR) is 131 cm³/mol. The van der Waals surface area contributed by atoms with Crippen LogP contribution >= 0.6 is 11.8 Å². The number of para-hydroxylation sites is 2. The van der Waals surface area contributed by atoms with Gasteiger partial charge in [0.2, 0.25) is 0 Å². The number of H-pyrrole nitrogens is 1. The third-order valence-electron chi connectivity index (χ3n) is 6.64. The Hall–Kier alpha value is -2.66. The molecule has 2 heterocycles. The molecule has 5 rings (SSSR count). The zero-order chi connectivity index (χ0) is 21.4. The maximum absolute atomic E-state index is 13.7. The van der Waals surface area contributed by atoms with Gasteiger partial charge >= 0.3 is 0 Å². The van der Waals surface area contributed by atoms with E-state index in [-0.39, 0.29) is 17.4 Å². The van der Waals surface area contributed by atoms with Crippen molar-refractivity contribution in [2.45, 2.75) is 51.1 Å². The molecule has 2 N–H and O–H groups in total. The number of amides is 1. The lowest BCUT2D eigenvalue weighted by Gasteiger charge is -2.39. The van der Waals surface area contributed by atoms with Crippen LogP contribution in [0.2, 0.25) is 0 Å². The summed E-state index contributed by atoms with van der Waals surface area (Å²) in [5.41, 5.74) is 4.28. The van der Waals surface area contributed by atoms with Gasteiger partial charge in [-0.1, -0.05) is 67.9 Å². The van der Waals surface area contributed by atoms with Gasteiger partial charge in [0.1, 0.15) is 0 Å². The van der Waals surface area contributed by atoms with Crippen LogP contribution in [-0.2, 0) is 4.79 Å². The highest BCUT2D eigenvalue weighted by Crippen LogP contribution is 2.42. The minimum atomic E-state index is -0.0859. The zero-order valence-electron chi connectivity index (χ0n) is 18.1. The normalized spacial score (nSPS) is 25.5. The van der Waals surface area contributed by atoms with E-state index in [1.165, 1.54) is 19.3 Å². The van der Waals surface area contributed by atoms with E-state index in [1.807, 2.05) is 24.3 Å². The molecule has 1 saturated carbocycles. The van der Waals surface area contributed by atoms with Gasteiger partial charge in [-0.2, -0.15) is 0 Å². The largest absolute Gasteiger partial charge is 0.358 e. The van der Waals surface area contributed by atoms with Gasteiger partial charge in [-0.25, -0.2) is 0 Å². The Morgan fingerprint density at radius 1 is 1.06 bits per heavy atom. The number of hydrogen-bond acceptors (Lipinski definition) is 3. The molecule has 2 aromatic carbocycles. The van der Waals surface area contributed by atoms with Gasteiger partial charge in [0.25, 0.3) is 5.91 Å². The zero-order valence-corrected chi connectivity index (χ0v) is 18.9. The van der Waals surface area contributed by atoms with Gasteiger partial charge < -0.3 is 15.2 Å². The Labute approximate surface area is 188 Å². The van der Waals surface area contributed by atoms with Gasteiger partial charge in [-0.3, -0.25) is 4.79 Å². The van der Waals surface area contributed by atoms with Gasteiger partial charge in [0.15, 0.2) is 5.50 Å². The summed E-state index contributed by atoms with van der Waals surface area (Å²) in [6, 6.07) is 18.8. The Morgan fingerprint density at radius 2 is 1.81 bits per heavy atom. The van der Waals surface area contributed by atoms with Crippen molar-refractivity contribution in [1.82, 2.24) is 9.88 Å². The van der Waals surface area contributed by atoms with Crippen LogP contribution in [0.25, 0.3) is 17.0 Å². The molecule has 160 valence electrons. The molecule has 1 saturated heterocycles. The fourth-order valence-corrected chi connectivity index (χ4v) is 6.18. The van der Waals surface area contributed by atoms with Gasteiger partial charge in [-0.15, -0.1) is 0 Å². The smallest absolute Gasteiger partial charge is 0.262 e. The Bertz CT molecular complexity index is 1120. The van der Waals surface area contributed by atoms with E-state index in [0.717, 1.165) is 39.2 Å². The maximum atomic E-state index is 13.7. The van der Waals surface area contributed by atoms with Crippen molar-refractivity contribution in [2.75, 3.05) is 5.32 Å². The van der Waals surface area contributed by atoms with Crippen molar-refractivity contribution in [3.8, 4) is 0 Å². The number of aryl methyl sites for hydroxylation is 1. The molecule has 0 bridgehead atoms. The van der Waals surface area contributed by atoms with Crippen LogP contribution in [0.4, 0.5) is 5.69 Å². The molecule has 2 fully saturated rings. The first kappa shape index (κ1) is 20.3. The number of thioether (sulfide) groups is 1. The molecule has 31 heavy (non-hydrogen) atoms. The lowest BCUT2D eigenvalue weighted by atomic mass is 9.85. The van der Waals surface area contributed by atoms with Crippen molar-refractivity contribution < 1.29 is 4.79 Å². The fraction of sp³-hybridized carbons (Fsp3) is 0.346. The number of carbonyl (C=O) groups is 1. The summed E-state index contributed by atoms with van der Waals surface area (Å²) in [6.45, 7) is 4.38. The van der Waals surface area contributed by atoms with Crippen molar-refractivity contribution in [1.29, 1.82) is 0 Å². The van der Waals surface area contributed by atoms with Crippen molar-refractivity contribution >= 4 is 40.3 Å². The monoisotopic (exact) mass is 431 g/mol. The summed E-state index contributed by atoms with van der Waals surface area (Å²) in [6.07, 6.45) is 6.83. The highest BCUT2D eigenvalue weighted by Gasteiger charge is 2.43. The molecule has 2 aliphatic rings. The number of rotatable bonds is 4. The number of nitrogens with zero attached hydrogens (tertiary/aromatic N) is 1. The lowest BCUT2D eigenvalue weighted by Crippen LogP contribution is -2.48. The Kier molecular flexibility index (Phi) is 5.53. The van der Waals surface area contributed by atoms with Gasteiger partial charge in [-0.05, 0) is 50.0 Å². The molecule has 1 aromatic heterocycles. The molecular formula is C26H29N3OS. The Balaban J connectivity index is 1.52. The number of hydrogen-bond donors (Lipinski definition) is 2. The molecule has 1 aliphatic carbocycles. The first-order chi connectivity index (χ1) is 15.1. The molecule has 1 aliphatic heterocycles. The summed E-state index contributed by atoms with van der Waals surface area (Å²) in [4.78, 5) is 20.1. The third kappa shape index (κ3) is 3.87. The van der Waals surface area contributed by atoms with Crippen molar-refractivity contribution in [3.05, 3.63) is 70.8 Å². The van der Waals surface area contributed by atoms with E-state index in [2.05, 4.69) is 65.5 Å². The fourth-order valence-electron chi connectivity index (χ4n) is 4.98. The molecule has 0 radical (unpaired) electrons. The van der Waals surface area contributed by atoms with Gasteiger partial charge in [0.05, 0.1) is 4.91 Å². The molecule has 3 aromatic rings. The summed E-state index contributed by atoms with van der Waals surface area (Å²) >= 11 is 1.65. The van der Waals surface area contributed by atoms with Crippen LogP contribution in [-0.4, -0.2) is 27.3 Å². The standard InChI is InChI=1S/C26H29N3OS/c1-17-10-6-9-15-23(17)29-25(30)24(31-26(29)28-19-11-4-3-5-12-19)16-21-18(2)27-22-14-8-7-13-20(21)22/h3-5,7-8,11-14,16-17,23,26-28H,6,9-10,15H2,1-2H3/b24-16-/t17-,23-,26?/m1/s1. The van der Waals surface area contributed by atoms with E-state index in [1.54, 1.807) is 11.8 Å². The maximum Gasteiger partial charge on any atom is 0.262 e. The first-order valence-electron chi connectivity index (χ1n) is 11.2. The van der Waals surface area contributed by atoms with E-state index in [9.17, 15) is 4.79 Å². The highest BCUT2D eigenvalue weighted by atomic mass is 32.2. The van der Waals surface area contributed by atoms with E-state index in [0.29, 0.717) is 5.92 Å². The summed E-state index contributed by atoms with van der Waals surface area (Å²) in [7, 11) is 0. The number of anilines is 1. The SMILES string of the molecule is Cc1[nH]c2ccccc2c1/C=C1\SC(Nc2ccccc2)N([C@@H]2CCCC[C@H]2C)C1=O. The van der Waals surface area contributed by atoms with Crippen LogP contribution in [0.3, 0.4) is 0 Å². The van der Waals surface area contributed by atoms with Crippen molar-refractivity contribution in [3.63, 3.8) is 0 Å². The third-order valence-corrected chi connectivity index (χ3v) is 7.76. The van der Waals surface area contributed by atoms with Crippen LogP contribution in [0.15, 0.2) is 59.5 Å². The van der Waals surface area contributed by atoms with Gasteiger partial charge in [0, 0.05) is 33.9 Å². The molecule has 3 atom stereocenters. The number of nitrogens with one attached hydrogen (secondary N) is 2. The molecule has 5 heteroatoms. The first-order valence-corrected chi connectivity index (χ1v) is 12.1. The molecule has 1 amide bonds. The highest BCUT2D eigenvalue weighted by molar-refractivity contribution is 8.05. The van der Waals surface area contributed by atoms with E-state index in [4.69, 9.17) is 0 Å². The Morgan fingerprint density at radius 3 is 2.61 bits per heavy atom. The lowest BCUT2D eigenvalue weighted by molar-refractivity contribution is -0.129. The van der Waals surface area contributed by atoms with Crippen LogP contribution in [0.1, 0.15) is 43.9 Å². The second-order valence-electron chi connectivity index (χ2n) is 8.74. The minimum absolute atomic E-state index is 0.0859. The number of aromatic amines is 1. The second kappa shape index (κ2) is 8.46. The number of carbonyl (C=O) groups excluding carboxylic acids is 1. The predicted octanol–water partition coefficient (Wildman–Crippen LogP) is 6.37. The average Bonchev–Trinajstić information content (AvgIpc) is 3.26. The van der Waals surface area contributed by atoms with E-state index < -0.39 is 0 Å². The average molecular weight is 432 g/mol. The molecule has 1 unspecified atom stereocenters. The molecular weight excluding hydrogens is 402 g/mol. The molecule has 0 spiro atoms. The van der Waals surface area contributed by atoms with Crippen molar-refractivity contribution in [2.24, 2.45) is 5.92 Å². The molecule has 4 nitrogen and oxygen atoms in total. The van der Waals surface area contributed by atoms with Crippen LogP contribution in [0, 0.1) is 12.8 Å². The summed E-state index contributed by atoms with van der Waals surface area (Å²) in [5, 5.41) is 4.78. The van der Waals surface area contributed by atoms with Crippen LogP contribution < -0.4 is 5.32 Å².